The summed E-state index contributed by atoms with van der Waals surface area (Å²) in [5, 5.41) is 2.52. The Bertz CT molecular complexity index is 688. The van der Waals surface area contributed by atoms with Gasteiger partial charge in [0.1, 0.15) is 12.4 Å². The van der Waals surface area contributed by atoms with Gasteiger partial charge < -0.3 is 5.32 Å². The van der Waals surface area contributed by atoms with Gasteiger partial charge in [-0.25, -0.2) is 4.39 Å². The number of imide groups is 1. The number of rotatable bonds is 3. The van der Waals surface area contributed by atoms with Crippen molar-refractivity contribution in [1.82, 2.24) is 4.90 Å². The molecule has 23 heavy (non-hydrogen) atoms. The number of likely N-dealkylation sites (tertiary alicyclic amines) is 1. The van der Waals surface area contributed by atoms with Gasteiger partial charge in [0.15, 0.2) is 0 Å². The first-order chi connectivity index (χ1) is 11.0. The van der Waals surface area contributed by atoms with Gasteiger partial charge >= 0.3 is 0 Å². The van der Waals surface area contributed by atoms with E-state index in [1.165, 1.54) is 6.07 Å². The van der Waals surface area contributed by atoms with E-state index >= 15 is 0 Å². The lowest BCUT2D eigenvalue weighted by atomic mass is 9.85. The molecule has 0 saturated carbocycles. The minimum absolute atomic E-state index is 0.297. The summed E-state index contributed by atoms with van der Waals surface area (Å²) in [4.78, 5) is 37.6. The molecule has 2 aliphatic rings. The van der Waals surface area contributed by atoms with Gasteiger partial charge in [-0.3, -0.25) is 19.3 Å². The molecular weight excluding hydrogens is 299 g/mol. The third kappa shape index (κ3) is 2.88. The molecule has 0 spiro atoms. The number of fused-ring (bicyclic) bond motifs is 1. The van der Waals surface area contributed by atoms with Crippen molar-refractivity contribution in [3.05, 3.63) is 41.7 Å². The molecule has 3 amide bonds. The summed E-state index contributed by atoms with van der Waals surface area (Å²) in [6.45, 7) is 1.29. The smallest absolute Gasteiger partial charge is 0.244 e. The summed E-state index contributed by atoms with van der Waals surface area (Å²) in [5.41, 5.74) is 0.778. The zero-order valence-corrected chi connectivity index (χ0v) is 12.7. The predicted molar refractivity (Wildman–Crippen MR) is 81.8 cm³/mol. The molecule has 5 nitrogen and oxygen atoms in total. The van der Waals surface area contributed by atoms with Crippen LogP contribution in [0.3, 0.4) is 0 Å². The van der Waals surface area contributed by atoms with Crippen molar-refractivity contribution in [3.63, 3.8) is 0 Å². The summed E-state index contributed by atoms with van der Waals surface area (Å²) in [6, 6.07) is 4.34. The number of anilines is 1. The second-order valence-corrected chi connectivity index (χ2v) is 5.93. The number of halogens is 1. The molecular formula is C17H17FN2O3. The van der Waals surface area contributed by atoms with Crippen molar-refractivity contribution in [2.45, 2.75) is 19.8 Å². The number of hydrogen-bond acceptors (Lipinski definition) is 3. The number of carbonyl (C=O) groups is 3. The molecule has 0 radical (unpaired) electrons. The van der Waals surface area contributed by atoms with E-state index in [-0.39, 0.29) is 30.2 Å². The summed E-state index contributed by atoms with van der Waals surface area (Å²) in [6.07, 6.45) is 4.86. The Morgan fingerprint density at radius 2 is 1.83 bits per heavy atom. The fourth-order valence-electron chi connectivity index (χ4n) is 3.04. The second-order valence-electron chi connectivity index (χ2n) is 5.93. The van der Waals surface area contributed by atoms with Crippen LogP contribution < -0.4 is 5.32 Å². The van der Waals surface area contributed by atoms with E-state index in [0.717, 1.165) is 4.90 Å². The van der Waals surface area contributed by atoms with E-state index < -0.39 is 11.7 Å². The van der Waals surface area contributed by atoms with Crippen molar-refractivity contribution in [3.8, 4) is 0 Å². The molecule has 1 aliphatic heterocycles. The van der Waals surface area contributed by atoms with Crippen LogP contribution in [0.2, 0.25) is 0 Å². The molecule has 6 heteroatoms. The zero-order chi connectivity index (χ0) is 16.6. The van der Waals surface area contributed by atoms with Gasteiger partial charge in [-0.2, -0.15) is 0 Å². The Balaban J connectivity index is 1.67. The summed E-state index contributed by atoms with van der Waals surface area (Å²) in [7, 11) is 0. The highest BCUT2D eigenvalue weighted by Crippen LogP contribution is 2.34. The molecule has 1 aliphatic carbocycles. The maximum atomic E-state index is 13.5. The predicted octanol–water partition coefficient (Wildman–Crippen LogP) is 2.02. The van der Waals surface area contributed by atoms with E-state index in [0.29, 0.717) is 24.1 Å². The lowest BCUT2D eigenvalue weighted by Crippen LogP contribution is -2.38. The molecule has 2 atom stereocenters. The lowest BCUT2D eigenvalue weighted by molar-refractivity contribution is -0.142. The number of nitrogens with one attached hydrogen (secondary N) is 1. The highest BCUT2D eigenvalue weighted by atomic mass is 19.1. The molecule has 1 heterocycles. The number of amides is 3. The quantitative estimate of drug-likeness (QED) is 0.685. The van der Waals surface area contributed by atoms with Crippen molar-refractivity contribution >= 4 is 23.4 Å². The summed E-state index contributed by atoms with van der Waals surface area (Å²) >= 11 is 0. The van der Waals surface area contributed by atoms with Crippen LogP contribution in [0.4, 0.5) is 10.1 Å². The normalized spacial score (nSPS) is 23.1. The Labute approximate surface area is 133 Å². The molecule has 1 aromatic rings. The SMILES string of the molecule is Cc1ccc(NC(=O)CN2C(=O)[C@@H]3CC=CC[C@H]3C2=O)cc1F. The van der Waals surface area contributed by atoms with Crippen LogP contribution in [0.15, 0.2) is 30.4 Å². The fraction of sp³-hybridized carbons (Fsp3) is 0.353. The van der Waals surface area contributed by atoms with E-state index in [1.54, 1.807) is 19.1 Å². The number of allylic oxidation sites excluding steroid dienone is 2. The number of hydrogen-bond donors (Lipinski definition) is 1. The first-order valence-corrected chi connectivity index (χ1v) is 7.53. The highest BCUT2D eigenvalue weighted by Gasteiger charge is 2.47. The highest BCUT2D eigenvalue weighted by molar-refractivity contribution is 6.08. The topological polar surface area (TPSA) is 66.5 Å². The summed E-state index contributed by atoms with van der Waals surface area (Å²) < 4.78 is 13.5. The third-order valence-electron chi connectivity index (χ3n) is 4.36. The number of carbonyl (C=O) groups excluding carboxylic acids is 3. The largest absolute Gasteiger partial charge is 0.324 e. The van der Waals surface area contributed by atoms with Crippen molar-refractivity contribution in [1.29, 1.82) is 0 Å². The van der Waals surface area contributed by atoms with Gasteiger partial charge in [0.2, 0.25) is 17.7 Å². The Kier molecular flexibility index (Phi) is 3.98. The summed E-state index contributed by atoms with van der Waals surface area (Å²) in [5.74, 6) is -2.23. The van der Waals surface area contributed by atoms with Crippen LogP contribution >= 0.6 is 0 Å². The maximum Gasteiger partial charge on any atom is 0.244 e. The van der Waals surface area contributed by atoms with Crippen LogP contribution in [0.5, 0.6) is 0 Å². The van der Waals surface area contributed by atoms with E-state index in [4.69, 9.17) is 0 Å². The monoisotopic (exact) mass is 316 g/mol. The molecule has 3 rings (SSSR count). The average Bonchev–Trinajstić information content (AvgIpc) is 2.76. The van der Waals surface area contributed by atoms with Gasteiger partial charge in [-0.15, -0.1) is 0 Å². The molecule has 1 N–H and O–H groups in total. The fourth-order valence-corrected chi connectivity index (χ4v) is 3.04. The number of aryl methyl sites for hydroxylation is 1. The van der Waals surface area contributed by atoms with E-state index in [9.17, 15) is 18.8 Å². The zero-order valence-electron chi connectivity index (χ0n) is 12.7. The maximum absolute atomic E-state index is 13.5. The van der Waals surface area contributed by atoms with E-state index in [1.807, 2.05) is 12.2 Å². The molecule has 1 aromatic carbocycles. The Morgan fingerprint density at radius 3 is 2.39 bits per heavy atom. The molecule has 0 bridgehead atoms. The van der Waals surface area contributed by atoms with Gasteiger partial charge in [0, 0.05) is 5.69 Å². The molecule has 1 fully saturated rings. The lowest BCUT2D eigenvalue weighted by Gasteiger charge is -2.14. The van der Waals surface area contributed by atoms with Gasteiger partial charge in [0.25, 0.3) is 0 Å². The Morgan fingerprint density at radius 1 is 1.22 bits per heavy atom. The van der Waals surface area contributed by atoms with Crippen LogP contribution in [-0.2, 0) is 14.4 Å². The molecule has 120 valence electrons. The molecule has 0 aromatic heterocycles. The third-order valence-corrected chi connectivity index (χ3v) is 4.36. The van der Waals surface area contributed by atoms with Crippen LogP contribution in [0, 0.1) is 24.6 Å². The van der Waals surface area contributed by atoms with Crippen molar-refractivity contribution < 1.29 is 18.8 Å². The Hall–Kier alpha value is -2.50. The molecule has 0 unspecified atom stereocenters. The second kappa shape index (κ2) is 5.95. The van der Waals surface area contributed by atoms with Crippen molar-refractivity contribution in [2.24, 2.45) is 11.8 Å². The van der Waals surface area contributed by atoms with Gasteiger partial charge in [0.05, 0.1) is 11.8 Å². The standard InChI is InChI=1S/C17H17FN2O3/c1-10-6-7-11(8-14(10)18)19-15(21)9-20-16(22)12-4-2-3-5-13(12)17(20)23/h2-3,6-8,12-13H,4-5,9H2,1H3,(H,19,21)/t12-,13-/m1/s1. The first-order valence-electron chi connectivity index (χ1n) is 7.53. The average molecular weight is 316 g/mol. The van der Waals surface area contributed by atoms with Gasteiger partial charge in [-0.1, -0.05) is 18.2 Å². The number of nitrogens with zero attached hydrogens (tertiary/aromatic N) is 1. The van der Waals surface area contributed by atoms with E-state index in [2.05, 4.69) is 5.32 Å². The number of benzene rings is 1. The van der Waals surface area contributed by atoms with Crippen molar-refractivity contribution in [2.75, 3.05) is 11.9 Å². The minimum atomic E-state index is -0.512. The van der Waals surface area contributed by atoms with Crippen LogP contribution in [0.25, 0.3) is 0 Å². The first kappa shape index (κ1) is 15.4. The van der Waals surface area contributed by atoms with Crippen LogP contribution in [-0.4, -0.2) is 29.2 Å². The minimum Gasteiger partial charge on any atom is -0.324 e. The molecule has 1 saturated heterocycles. The van der Waals surface area contributed by atoms with Crippen LogP contribution in [0.1, 0.15) is 18.4 Å². The van der Waals surface area contributed by atoms with Gasteiger partial charge in [-0.05, 0) is 37.5 Å².